The number of nitrogens with zero attached hydrogens (tertiary/aromatic N) is 1. The number of imidazole rings is 1. The predicted octanol–water partition coefficient (Wildman–Crippen LogP) is 2.21. The van der Waals surface area contributed by atoms with Crippen LogP contribution in [-0.2, 0) is 19.6 Å². The Bertz CT molecular complexity index is 1350. The highest BCUT2D eigenvalue weighted by Crippen LogP contribution is 2.23. The Labute approximate surface area is 190 Å². The lowest BCUT2D eigenvalue weighted by Crippen LogP contribution is -2.42. The Balaban J connectivity index is 1.53. The fraction of sp³-hybridized carbons (Fsp3) is 0.318. The van der Waals surface area contributed by atoms with E-state index in [0.29, 0.717) is 24.1 Å². The van der Waals surface area contributed by atoms with E-state index in [2.05, 4.69) is 14.7 Å². The summed E-state index contributed by atoms with van der Waals surface area (Å²) in [6.07, 6.45) is 1.91. The zero-order valence-electron chi connectivity index (χ0n) is 18.0. The standard InChI is InChI=1S/C22H24N4O6S/c1-14(20(27)26-11-5-2-6-12-26)32-21(28)16-7-3-4-8-17(16)25-33(30,31)15-9-10-18-19(13-15)24-22(29)23-18/h3-4,7-10,13-14,25H,2,5-6,11-12H2,1H3,(H2,23,24,29)/t14-/m1/s1. The number of aromatic amines is 2. The second-order valence-electron chi connectivity index (χ2n) is 7.87. The summed E-state index contributed by atoms with van der Waals surface area (Å²) in [6.45, 7) is 2.77. The molecule has 4 rings (SSSR count). The molecule has 0 spiro atoms. The topological polar surface area (TPSA) is 141 Å². The highest BCUT2D eigenvalue weighted by Gasteiger charge is 2.27. The van der Waals surface area contributed by atoms with Crippen molar-refractivity contribution in [3.05, 3.63) is 58.5 Å². The van der Waals surface area contributed by atoms with Crippen molar-refractivity contribution in [2.45, 2.75) is 37.2 Å². The maximum Gasteiger partial charge on any atom is 0.341 e. The van der Waals surface area contributed by atoms with Crippen molar-refractivity contribution >= 4 is 38.6 Å². The molecule has 1 aliphatic rings. The number of aromatic nitrogens is 2. The largest absolute Gasteiger partial charge is 0.449 e. The molecule has 33 heavy (non-hydrogen) atoms. The lowest BCUT2D eigenvalue weighted by atomic mass is 10.1. The number of H-pyrrole nitrogens is 2. The van der Waals surface area contributed by atoms with Crippen LogP contribution in [0.15, 0.2) is 52.2 Å². The van der Waals surface area contributed by atoms with Crippen molar-refractivity contribution in [2.24, 2.45) is 0 Å². The number of nitrogens with one attached hydrogen (secondary N) is 3. The maximum atomic E-state index is 12.9. The number of esters is 1. The van der Waals surface area contributed by atoms with E-state index in [-0.39, 0.29) is 22.1 Å². The van der Waals surface area contributed by atoms with Gasteiger partial charge in [0, 0.05) is 13.1 Å². The highest BCUT2D eigenvalue weighted by molar-refractivity contribution is 7.92. The molecule has 3 N–H and O–H groups in total. The van der Waals surface area contributed by atoms with E-state index in [9.17, 15) is 22.8 Å². The fourth-order valence-electron chi connectivity index (χ4n) is 3.78. The molecule has 0 unspecified atom stereocenters. The molecule has 2 aromatic carbocycles. The van der Waals surface area contributed by atoms with E-state index in [4.69, 9.17) is 4.74 Å². The van der Waals surface area contributed by atoms with Gasteiger partial charge in [0.25, 0.3) is 15.9 Å². The quantitative estimate of drug-likeness (QED) is 0.470. The van der Waals surface area contributed by atoms with Crippen molar-refractivity contribution in [1.82, 2.24) is 14.9 Å². The van der Waals surface area contributed by atoms with Crippen molar-refractivity contribution in [3.8, 4) is 0 Å². The van der Waals surface area contributed by atoms with Crippen LogP contribution in [0, 0.1) is 0 Å². The van der Waals surface area contributed by atoms with Crippen molar-refractivity contribution in [3.63, 3.8) is 0 Å². The second-order valence-corrected chi connectivity index (χ2v) is 9.55. The molecule has 1 atom stereocenters. The molecule has 3 aromatic rings. The molecule has 10 nitrogen and oxygen atoms in total. The van der Waals surface area contributed by atoms with E-state index in [0.717, 1.165) is 19.3 Å². The molecule has 2 heterocycles. The van der Waals surface area contributed by atoms with Gasteiger partial charge in [-0.2, -0.15) is 0 Å². The van der Waals surface area contributed by atoms with Crippen LogP contribution in [0.1, 0.15) is 36.5 Å². The van der Waals surface area contributed by atoms with Gasteiger partial charge in [-0.25, -0.2) is 18.0 Å². The Morgan fingerprint density at radius 2 is 1.73 bits per heavy atom. The third-order valence-corrected chi connectivity index (χ3v) is 6.85. The fourth-order valence-corrected chi connectivity index (χ4v) is 4.88. The van der Waals surface area contributed by atoms with Crippen molar-refractivity contribution in [1.29, 1.82) is 0 Å². The minimum Gasteiger partial charge on any atom is -0.449 e. The van der Waals surface area contributed by atoms with Crippen molar-refractivity contribution < 1.29 is 22.7 Å². The number of benzene rings is 2. The van der Waals surface area contributed by atoms with Gasteiger partial charge in [0.1, 0.15) is 0 Å². The van der Waals surface area contributed by atoms with Gasteiger partial charge in [-0.05, 0) is 56.5 Å². The number of carbonyl (C=O) groups is 2. The Morgan fingerprint density at radius 1 is 1.03 bits per heavy atom. The number of likely N-dealkylation sites (tertiary alicyclic amines) is 1. The van der Waals surface area contributed by atoms with Crippen LogP contribution in [0.2, 0.25) is 0 Å². The lowest BCUT2D eigenvalue weighted by Gasteiger charge is -2.29. The van der Waals surface area contributed by atoms with Crippen LogP contribution in [-0.4, -0.2) is 54.4 Å². The smallest absolute Gasteiger partial charge is 0.341 e. The molecule has 174 valence electrons. The summed E-state index contributed by atoms with van der Waals surface area (Å²) in [6, 6.07) is 10.1. The normalized spacial score (nSPS) is 15.2. The zero-order valence-corrected chi connectivity index (χ0v) is 18.8. The summed E-state index contributed by atoms with van der Waals surface area (Å²) >= 11 is 0. The Morgan fingerprint density at radius 3 is 2.48 bits per heavy atom. The number of amides is 1. The Hall–Kier alpha value is -3.60. The molecular formula is C22H24N4O6S. The van der Waals surface area contributed by atoms with Crippen LogP contribution >= 0.6 is 0 Å². The van der Waals surface area contributed by atoms with Crippen LogP contribution < -0.4 is 10.4 Å². The van der Waals surface area contributed by atoms with Gasteiger partial charge in [-0.1, -0.05) is 12.1 Å². The summed E-state index contributed by atoms with van der Waals surface area (Å²) in [4.78, 5) is 43.5. The van der Waals surface area contributed by atoms with Crippen LogP contribution in [0.25, 0.3) is 11.0 Å². The van der Waals surface area contributed by atoms with E-state index < -0.39 is 27.8 Å². The van der Waals surface area contributed by atoms with Gasteiger partial charge in [0.2, 0.25) is 0 Å². The number of piperidine rings is 1. The summed E-state index contributed by atoms with van der Waals surface area (Å²) < 4.78 is 33.6. The third kappa shape index (κ3) is 4.92. The van der Waals surface area contributed by atoms with Crippen molar-refractivity contribution in [2.75, 3.05) is 17.8 Å². The summed E-state index contributed by atoms with van der Waals surface area (Å²) in [5.74, 6) is -1.08. The number of anilines is 1. The number of fused-ring (bicyclic) bond motifs is 1. The van der Waals surface area contributed by atoms with Gasteiger partial charge in [0.05, 0.1) is 27.2 Å². The van der Waals surface area contributed by atoms with Gasteiger partial charge in [-0.15, -0.1) is 0 Å². The number of hydrogen-bond donors (Lipinski definition) is 3. The molecule has 1 amide bonds. The van der Waals surface area contributed by atoms with Gasteiger partial charge in [0.15, 0.2) is 6.10 Å². The average Bonchev–Trinajstić information content (AvgIpc) is 3.18. The number of para-hydroxylation sites is 1. The molecule has 1 saturated heterocycles. The summed E-state index contributed by atoms with van der Waals surface area (Å²) in [5, 5.41) is 0. The summed E-state index contributed by atoms with van der Waals surface area (Å²) in [5.41, 5.74) is 0.350. The molecule has 0 saturated carbocycles. The van der Waals surface area contributed by atoms with E-state index in [1.807, 2.05) is 0 Å². The molecular weight excluding hydrogens is 448 g/mol. The predicted molar refractivity (Wildman–Crippen MR) is 121 cm³/mol. The molecule has 0 aliphatic carbocycles. The summed E-state index contributed by atoms with van der Waals surface area (Å²) in [7, 11) is -4.08. The van der Waals surface area contributed by atoms with E-state index in [1.165, 1.54) is 37.3 Å². The van der Waals surface area contributed by atoms with E-state index in [1.54, 1.807) is 17.0 Å². The third-order valence-electron chi connectivity index (χ3n) is 5.49. The first kappa shape index (κ1) is 22.6. The zero-order chi connectivity index (χ0) is 23.6. The number of rotatable bonds is 6. The molecule has 11 heteroatoms. The van der Waals surface area contributed by atoms with Gasteiger partial charge >= 0.3 is 11.7 Å². The highest BCUT2D eigenvalue weighted by atomic mass is 32.2. The average molecular weight is 473 g/mol. The number of carbonyl (C=O) groups excluding carboxylic acids is 2. The molecule has 0 radical (unpaired) electrons. The Kier molecular flexibility index (Phi) is 6.23. The first-order chi connectivity index (χ1) is 15.7. The lowest BCUT2D eigenvalue weighted by molar-refractivity contribution is -0.140. The second kappa shape index (κ2) is 9.10. The SMILES string of the molecule is C[C@@H](OC(=O)c1ccccc1NS(=O)(=O)c1ccc2[nH]c(=O)[nH]c2c1)C(=O)N1CCCCC1. The molecule has 1 aliphatic heterocycles. The van der Waals surface area contributed by atoms with Crippen LogP contribution in [0.5, 0.6) is 0 Å². The van der Waals surface area contributed by atoms with Crippen LogP contribution in [0.4, 0.5) is 5.69 Å². The van der Waals surface area contributed by atoms with E-state index >= 15 is 0 Å². The minimum atomic E-state index is -4.08. The van der Waals surface area contributed by atoms with Crippen LogP contribution in [0.3, 0.4) is 0 Å². The monoisotopic (exact) mass is 472 g/mol. The molecule has 1 fully saturated rings. The minimum absolute atomic E-state index is 0.0165. The maximum absolute atomic E-state index is 12.9. The molecule has 0 bridgehead atoms. The number of hydrogen-bond acceptors (Lipinski definition) is 6. The van der Waals surface area contributed by atoms with Gasteiger partial charge in [-0.3, -0.25) is 9.52 Å². The first-order valence-electron chi connectivity index (χ1n) is 10.6. The number of ether oxygens (including phenoxy) is 1. The van der Waals surface area contributed by atoms with Gasteiger partial charge < -0.3 is 19.6 Å². The molecule has 1 aromatic heterocycles. The number of sulfonamides is 1. The first-order valence-corrected chi connectivity index (χ1v) is 12.1.